The molecule has 16 heavy (non-hydrogen) atoms. The first-order valence-electron chi connectivity index (χ1n) is 5.35. The highest BCUT2D eigenvalue weighted by Crippen LogP contribution is 2.20. The van der Waals surface area contributed by atoms with Crippen molar-refractivity contribution in [2.75, 3.05) is 6.54 Å². The first-order valence-corrected chi connectivity index (χ1v) is 5.35. The second-order valence-electron chi connectivity index (χ2n) is 3.81. The lowest BCUT2D eigenvalue weighted by molar-refractivity contribution is 0.749. The van der Waals surface area contributed by atoms with Crippen LogP contribution in [-0.4, -0.2) is 16.5 Å². The van der Waals surface area contributed by atoms with Crippen molar-refractivity contribution in [2.24, 2.45) is 5.73 Å². The van der Waals surface area contributed by atoms with Crippen molar-refractivity contribution in [2.45, 2.75) is 12.8 Å². The largest absolute Gasteiger partial charge is 0.329 e. The monoisotopic (exact) mass is 213 g/mol. The molecule has 0 saturated heterocycles. The van der Waals surface area contributed by atoms with Crippen molar-refractivity contribution in [3.8, 4) is 0 Å². The summed E-state index contributed by atoms with van der Waals surface area (Å²) in [6.07, 6.45) is 3.50. The lowest BCUT2D eigenvalue weighted by Crippen LogP contribution is -2.16. The Labute approximate surface area is 95.4 Å². The van der Waals surface area contributed by atoms with E-state index in [1.807, 2.05) is 12.1 Å². The molecule has 1 atom stereocenters. The van der Waals surface area contributed by atoms with Gasteiger partial charge < -0.3 is 5.73 Å². The van der Waals surface area contributed by atoms with Crippen molar-refractivity contribution < 1.29 is 0 Å². The molecule has 0 amide bonds. The first kappa shape index (κ1) is 10.8. The zero-order valence-corrected chi connectivity index (χ0v) is 9.30. The Bertz CT molecular complexity index is 454. The summed E-state index contributed by atoms with van der Waals surface area (Å²) in [4.78, 5) is 8.53. The molecule has 3 nitrogen and oxygen atoms in total. The molecule has 0 fully saturated rings. The molecule has 0 aliphatic carbocycles. The van der Waals surface area contributed by atoms with Crippen LogP contribution in [0.25, 0.3) is 0 Å². The highest BCUT2D eigenvalue weighted by molar-refractivity contribution is 5.29. The first-order chi connectivity index (χ1) is 7.81. The summed E-state index contributed by atoms with van der Waals surface area (Å²) in [7, 11) is 0. The molecule has 2 rings (SSSR count). The summed E-state index contributed by atoms with van der Waals surface area (Å²) in [6, 6.07) is 10.1. The van der Waals surface area contributed by atoms with Crippen LogP contribution in [0.1, 0.15) is 22.9 Å². The van der Waals surface area contributed by atoms with Gasteiger partial charge in [0.05, 0.1) is 5.92 Å². The third kappa shape index (κ3) is 2.25. The van der Waals surface area contributed by atoms with Gasteiger partial charge in [-0.25, -0.2) is 9.97 Å². The van der Waals surface area contributed by atoms with Gasteiger partial charge in [-0.1, -0.05) is 29.8 Å². The third-order valence-corrected chi connectivity index (χ3v) is 2.58. The van der Waals surface area contributed by atoms with Crippen LogP contribution in [0.5, 0.6) is 0 Å². The van der Waals surface area contributed by atoms with Crippen LogP contribution < -0.4 is 5.73 Å². The van der Waals surface area contributed by atoms with Gasteiger partial charge in [-0.05, 0) is 18.6 Å². The van der Waals surface area contributed by atoms with Gasteiger partial charge >= 0.3 is 0 Å². The van der Waals surface area contributed by atoms with Crippen LogP contribution in [0.2, 0.25) is 0 Å². The van der Waals surface area contributed by atoms with Crippen LogP contribution >= 0.6 is 0 Å². The molecule has 0 aliphatic heterocycles. The highest BCUT2D eigenvalue weighted by atomic mass is 14.9. The summed E-state index contributed by atoms with van der Waals surface area (Å²) in [6.45, 7) is 2.59. The fourth-order valence-electron chi connectivity index (χ4n) is 1.77. The predicted octanol–water partition coefficient (Wildman–Crippen LogP) is 1.88. The van der Waals surface area contributed by atoms with Crippen molar-refractivity contribution in [3.05, 3.63) is 59.7 Å². The van der Waals surface area contributed by atoms with Gasteiger partial charge in [-0.2, -0.15) is 0 Å². The predicted molar refractivity (Wildman–Crippen MR) is 64.1 cm³/mol. The molecule has 0 bridgehead atoms. The molecule has 0 radical (unpaired) electrons. The van der Waals surface area contributed by atoms with Crippen LogP contribution in [-0.2, 0) is 0 Å². The van der Waals surface area contributed by atoms with E-state index in [4.69, 9.17) is 5.73 Å². The molecule has 2 N–H and O–H groups in total. The number of hydrogen-bond acceptors (Lipinski definition) is 3. The summed E-state index contributed by atoms with van der Waals surface area (Å²) in [5.41, 5.74) is 8.21. The number of benzene rings is 1. The van der Waals surface area contributed by atoms with E-state index in [1.165, 1.54) is 11.1 Å². The van der Waals surface area contributed by atoms with Gasteiger partial charge in [0.15, 0.2) is 0 Å². The Kier molecular flexibility index (Phi) is 3.27. The molecule has 0 aliphatic rings. The standard InChI is InChI=1S/C13H15N3/c1-10-4-2-5-11(8-10)12(9-14)13-15-6-3-7-16-13/h2-8,12H,9,14H2,1H3. The maximum absolute atomic E-state index is 5.81. The van der Waals surface area contributed by atoms with Crippen molar-refractivity contribution in [1.82, 2.24) is 9.97 Å². The van der Waals surface area contributed by atoms with E-state index in [0.717, 1.165) is 5.82 Å². The van der Waals surface area contributed by atoms with Gasteiger partial charge in [-0.15, -0.1) is 0 Å². The summed E-state index contributed by atoms with van der Waals surface area (Å²) < 4.78 is 0. The fourth-order valence-corrected chi connectivity index (χ4v) is 1.77. The number of nitrogens with zero attached hydrogens (tertiary/aromatic N) is 2. The Morgan fingerprint density at radius 2 is 1.94 bits per heavy atom. The molecule has 0 saturated carbocycles. The molecule has 1 aromatic heterocycles. The van der Waals surface area contributed by atoms with E-state index in [0.29, 0.717) is 6.54 Å². The average molecular weight is 213 g/mol. The molecule has 3 heteroatoms. The molecule has 1 heterocycles. The smallest absolute Gasteiger partial charge is 0.136 e. The molecular formula is C13H15N3. The minimum atomic E-state index is 0.0844. The maximum Gasteiger partial charge on any atom is 0.136 e. The molecule has 1 unspecified atom stereocenters. The topological polar surface area (TPSA) is 51.8 Å². The number of hydrogen-bond donors (Lipinski definition) is 1. The lowest BCUT2D eigenvalue weighted by atomic mass is 9.97. The lowest BCUT2D eigenvalue weighted by Gasteiger charge is -2.13. The van der Waals surface area contributed by atoms with Crippen LogP contribution in [0.4, 0.5) is 0 Å². The van der Waals surface area contributed by atoms with Crippen LogP contribution in [0.15, 0.2) is 42.7 Å². The molecular weight excluding hydrogens is 198 g/mol. The van der Waals surface area contributed by atoms with Crippen LogP contribution in [0.3, 0.4) is 0 Å². The van der Waals surface area contributed by atoms with Gasteiger partial charge in [0, 0.05) is 18.9 Å². The Morgan fingerprint density at radius 3 is 2.56 bits per heavy atom. The number of nitrogens with two attached hydrogens (primary N) is 1. The molecule has 1 aromatic carbocycles. The zero-order valence-electron chi connectivity index (χ0n) is 9.30. The Balaban J connectivity index is 2.37. The Morgan fingerprint density at radius 1 is 1.19 bits per heavy atom. The third-order valence-electron chi connectivity index (χ3n) is 2.58. The fraction of sp³-hybridized carbons (Fsp3) is 0.231. The minimum absolute atomic E-state index is 0.0844. The van der Waals surface area contributed by atoms with E-state index < -0.39 is 0 Å². The summed E-state index contributed by atoms with van der Waals surface area (Å²) in [5.74, 6) is 0.872. The molecule has 82 valence electrons. The van der Waals surface area contributed by atoms with Crippen molar-refractivity contribution in [1.29, 1.82) is 0 Å². The Hall–Kier alpha value is -1.74. The van der Waals surface area contributed by atoms with Gasteiger partial charge in [-0.3, -0.25) is 0 Å². The van der Waals surface area contributed by atoms with E-state index in [-0.39, 0.29) is 5.92 Å². The second kappa shape index (κ2) is 4.86. The average Bonchev–Trinajstić information content (AvgIpc) is 2.31. The second-order valence-corrected chi connectivity index (χ2v) is 3.81. The molecule has 2 aromatic rings. The van der Waals surface area contributed by atoms with E-state index in [2.05, 4.69) is 35.1 Å². The number of rotatable bonds is 3. The SMILES string of the molecule is Cc1cccc(C(CN)c2ncccn2)c1. The van der Waals surface area contributed by atoms with Crippen molar-refractivity contribution in [3.63, 3.8) is 0 Å². The van der Waals surface area contributed by atoms with Gasteiger partial charge in [0.1, 0.15) is 5.82 Å². The normalized spacial score (nSPS) is 12.4. The highest BCUT2D eigenvalue weighted by Gasteiger charge is 2.14. The van der Waals surface area contributed by atoms with Gasteiger partial charge in [0.25, 0.3) is 0 Å². The summed E-state index contributed by atoms with van der Waals surface area (Å²) in [5, 5.41) is 0. The number of aryl methyl sites for hydroxylation is 1. The maximum atomic E-state index is 5.81. The van der Waals surface area contributed by atoms with E-state index >= 15 is 0 Å². The van der Waals surface area contributed by atoms with E-state index in [9.17, 15) is 0 Å². The minimum Gasteiger partial charge on any atom is -0.329 e. The zero-order chi connectivity index (χ0) is 11.4. The van der Waals surface area contributed by atoms with Crippen molar-refractivity contribution >= 4 is 0 Å². The quantitative estimate of drug-likeness (QED) is 0.846. The van der Waals surface area contributed by atoms with E-state index in [1.54, 1.807) is 12.4 Å². The number of aromatic nitrogens is 2. The summed E-state index contributed by atoms with van der Waals surface area (Å²) >= 11 is 0. The van der Waals surface area contributed by atoms with Crippen LogP contribution in [0, 0.1) is 6.92 Å². The molecule has 0 spiro atoms. The van der Waals surface area contributed by atoms with Gasteiger partial charge in [0.2, 0.25) is 0 Å².